The van der Waals surface area contributed by atoms with Gasteiger partial charge in [-0.3, -0.25) is 4.79 Å². The minimum absolute atomic E-state index is 0.0535. The zero-order valence-electron chi connectivity index (χ0n) is 12.1. The molecule has 0 aliphatic heterocycles. The number of imidazole rings is 1. The van der Waals surface area contributed by atoms with Crippen molar-refractivity contribution in [1.29, 1.82) is 0 Å². The third-order valence-electron chi connectivity index (χ3n) is 4.04. The molecule has 0 saturated heterocycles. The summed E-state index contributed by atoms with van der Waals surface area (Å²) in [5, 5.41) is 12.9. The Morgan fingerprint density at radius 3 is 2.82 bits per heavy atom. The highest BCUT2D eigenvalue weighted by Crippen LogP contribution is 2.32. The van der Waals surface area contributed by atoms with Crippen LogP contribution in [-0.4, -0.2) is 26.2 Å². The number of halogens is 1. The van der Waals surface area contributed by atoms with Crippen LogP contribution in [-0.2, 0) is 4.79 Å². The molecule has 1 aliphatic rings. The molecule has 6 heteroatoms. The van der Waals surface area contributed by atoms with Gasteiger partial charge in [0, 0.05) is 18.1 Å². The van der Waals surface area contributed by atoms with Crippen LogP contribution in [0, 0.1) is 5.82 Å². The molecule has 1 heterocycles. The van der Waals surface area contributed by atoms with Crippen LogP contribution in [0.25, 0.3) is 5.69 Å². The van der Waals surface area contributed by atoms with Crippen LogP contribution in [0.3, 0.4) is 0 Å². The number of aromatic nitrogens is 2. The standard InChI is InChI=1S/C16H18FN3O2/c17-13-9-12(3-4-14(13)20-8-7-18-11-20)19-15(21)10-16(22)5-1-2-6-16/h3-4,7-9,11,22H,1-2,5-6,10H2,(H,19,21). The zero-order valence-corrected chi connectivity index (χ0v) is 12.1. The molecular weight excluding hydrogens is 285 g/mol. The second-order valence-electron chi connectivity index (χ2n) is 5.79. The smallest absolute Gasteiger partial charge is 0.227 e. The first kappa shape index (κ1) is 14.7. The van der Waals surface area contributed by atoms with Crippen LogP contribution in [0.15, 0.2) is 36.9 Å². The number of hydrogen-bond acceptors (Lipinski definition) is 3. The van der Waals surface area contributed by atoms with Gasteiger partial charge in [-0.05, 0) is 31.0 Å². The van der Waals surface area contributed by atoms with Gasteiger partial charge in [0.25, 0.3) is 0 Å². The van der Waals surface area contributed by atoms with E-state index < -0.39 is 11.4 Å². The van der Waals surface area contributed by atoms with Crippen molar-refractivity contribution >= 4 is 11.6 Å². The minimum Gasteiger partial charge on any atom is -0.389 e. The number of nitrogens with zero attached hydrogens (tertiary/aromatic N) is 2. The predicted molar refractivity (Wildman–Crippen MR) is 80.2 cm³/mol. The Morgan fingerprint density at radius 2 is 2.18 bits per heavy atom. The van der Waals surface area contributed by atoms with E-state index in [2.05, 4.69) is 10.3 Å². The fourth-order valence-corrected chi connectivity index (χ4v) is 2.91. The van der Waals surface area contributed by atoms with Gasteiger partial charge in [0.1, 0.15) is 5.82 Å². The van der Waals surface area contributed by atoms with Crippen LogP contribution in [0.5, 0.6) is 0 Å². The molecule has 22 heavy (non-hydrogen) atoms. The zero-order chi connectivity index (χ0) is 15.6. The second kappa shape index (κ2) is 5.88. The highest BCUT2D eigenvalue weighted by atomic mass is 19.1. The normalized spacial score (nSPS) is 16.6. The Kier molecular flexibility index (Phi) is 3.94. The van der Waals surface area contributed by atoms with Crippen molar-refractivity contribution in [3.05, 3.63) is 42.7 Å². The minimum atomic E-state index is -0.903. The number of aliphatic hydroxyl groups is 1. The third kappa shape index (κ3) is 3.17. The molecule has 1 amide bonds. The lowest BCUT2D eigenvalue weighted by atomic mass is 9.97. The molecule has 3 rings (SSSR count). The topological polar surface area (TPSA) is 67.2 Å². The Morgan fingerprint density at radius 1 is 1.41 bits per heavy atom. The molecule has 2 N–H and O–H groups in total. The number of anilines is 1. The molecule has 1 aromatic heterocycles. The summed E-state index contributed by atoms with van der Waals surface area (Å²) in [6.45, 7) is 0. The molecule has 0 bridgehead atoms. The summed E-state index contributed by atoms with van der Waals surface area (Å²) < 4.78 is 15.7. The summed E-state index contributed by atoms with van der Waals surface area (Å²) >= 11 is 0. The number of carbonyl (C=O) groups is 1. The van der Waals surface area contributed by atoms with E-state index >= 15 is 0 Å². The maximum Gasteiger partial charge on any atom is 0.227 e. The van der Waals surface area contributed by atoms with Gasteiger partial charge in [-0.1, -0.05) is 12.8 Å². The first-order chi connectivity index (χ1) is 10.6. The summed E-state index contributed by atoms with van der Waals surface area (Å²) in [6.07, 6.45) is 7.95. The first-order valence-corrected chi connectivity index (χ1v) is 7.36. The van der Waals surface area contributed by atoms with Gasteiger partial charge in [0.2, 0.25) is 5.91 Å². The molecule has 0 radical (unpaired) electrons. The van der Waals surface area contributed by atoms with Crippen molar-refractivity contribution in [2.24, 2.45) is 0 Å². The number of hydrogen-bond donors (Lipinski definition) is 2. The van der Waals surface area contributed by atoms with E-state index in [0.29, 0.717) is 24.2 Å². The highest BCUT2D eigenvalue weighted by molar-refractivity contribution is 5.91. The van der Waals surface area contributed by atoms with Gasteiger partial charge in [-0.15, -0.1) is 0 Å². The highest BCUT2D eigenvalue weighted by Gasteiger charge is 2.33. The van der Waals surface area contributed by atoms with E-state index in [-0.39, 0.29) is 12.3 Å². The number of rotatable bonds is 4. The van der Waals surface area contributed by atoms with Crippen LogP contribution < -0.4 is 5.32 Å². The molecule has 2 aromatic rings. The average molecular weight is 303 g/mol. The number of amides is 1. The maximum atomic E-state index is 14.1. The van der Waals surface area contributed by atoms with Gasteiger partial charge >= 0.3 is 0 Å². The lowest BCUT2D eigenvalue weighted by molar-refractivity contribution is -0.120. The molecule has 0 spiro atoms. The molecule has 0 atom stereocenters. The van der Waals surface area contributed by atoms with Gasteiger partial charge in [-0.25, -0.2) is 9.37 Å². The largest absolute Gasteiger partial charge is 0.389 e. The van der Waals surface area contributed by atoms with Crippen molar-refractivity contribution in [3.8, 4) is 5.69 Å². The molecule has 0 unspecified atom stereocenters. The van der Waals surface area contributed by atoms with Gasteiger partial charge in [0.05, 0.1) is 24.0 Å². The number of nitrogens with one attached hydrogen (secondary N) is 1. The van der Waals surface area contributed by atoms with Crippen molar-refractivity contribution in [2.75, 3.05) is 5.32 Å². The van der Waals surface area contributed by atoms with Crippen molar-refractivity contribution < 1.29 is 14.3 Å². The van der Waals surface area contributed by atoms with E-state index in [4.69, 9.17) is 0 Å². The van der Waals surface area contributed by atoms with Gasteiger partial charge in [0.15, 0.2) is 0 Å². The molecule has 5 nitrogen and oxygen atoms in total. The Hall–Kier alpha value is -2.21. The molecule has 1 aromatic carbocycles. The lowest BCUT2D eigenvalue weighted by Crippen LogP contribution is -2.30. The summed E-state index contributed by atoms with van der Waals surface area (Å²) in [6, 6.07) is 4.48. The molecular formula is C16H18FN3O2. The fraction of sp³-hybridized carbons (Fsp3) is 0.375. The van der Waals surface area contributed by atoms with Crippen LogP contribution >= 0.6 is 0 Å². The number of benzene rings is 1. The monoisotopic (exact) mass is 303 g/mol. The second-order valence-corrected chi connectivity index (χ2v) is 5.79. The average Bonchev–Trinajstić information content (AvgIpc) is 3.10. The number of carbonyl (C=O) groups excluding carboxylic acids is 1. The fourth-order valence-electron chi connectivity index (χ4n) is 2.91. The SMILES string of the molecule is O=C(CC1(O)CCCC1)Nc1ccc(-n2ccnc2)c(F)c1. The molecule has 1 fully saturated rings. The van der Waals surface area contributed by atoms with Crippen LogP contribution in [0.1, 0.15) is 32.1 Å². The van der Waals surface area contributed by atoms with Crippen molar-refractivity contribution in [3.63, 3.8) is 0 Å². The Bertz CT molecular complexity index is 664. The van der Waals surface area contributed by atoms with E-state index in [9.17, 15) is 14.3 Å². The predicted octanol–water partition coefficient (Wildman–Crippen LogP) is 2.65. The van der Waals surface area contributed by atoms with Gasteiger partial charge in [-0.2, -0.15) is 0 Å². The van der Waals surface area contributed by atoms with Gasteiger partial charge < -0.3 is 15.0 Å². The maximum absolute atomic E-state index is 14.1. The van der Waals surface area contributed by atoms with E-state index in [1.807, 2.05) is 0 Å². The van der Waals surface area contributed by atoms with E-state index in [1.54, 1.807) is 29.1 Å². The molecule has 116 valence electrons. The van der Waals surface area contributed by atoms with Crippen LogP contribution in [0.4, 0.5) is 10.1 Å². The van der Waals surface area contributed by atoms with E-state index in [1.165, 1.54) is 12.4 Å². The first-order valence-electron chi connectivity index (χ1n) is 7.36. The Labute approximate surface area is 127 Å². The third-order valence-corrected chi connectivity index (χ3v) is 4.04. The molecule has 1 aliphatic carbocycles. The summed E-state index contributed by atoms with van der Waals surface area (Å²) in [7, 11) is 0. The summed E-state index contributed by atoms with van der Waals surface area (Å²) in [5.41, 5.74) is -0.155. The molecule has 1 saturated carbocycles. The van der Waals surface area contributed by atoms with Crippen LogP contribution in [0.2, 0.25) is 0 Å². The Balaban J connectivity index is 1.68. The summed E-state index contributed by atoms with van der Waals surface area (Å²) in [5.74, 6) is -0.741. The van der Waals surface area contributed by atoms with E-state index in [0.717, 1.165) is 12.8 Å². The van der Waals surface area contributed by atoms with Crippen molar-refractivity contribution in [2.45, 2.75) is 37.7 Å². The summed E-state index contributed by atoms with van der Waals surface area (Å²) in [4.78, 5) is 15.9. The lowest BCUT2D eigenvalue weighted by Gasteiger charge is -2.21. The van der Waals surface area contributed by atoms with Crippen molar-refractivity contribution in [1.82, 2.24) is 9.55 Å². The quantitative estimate of drug-likeness (QED) is 0.912.